The molecule has 0 aliphatic carbocycles. The Bertz CT molecular complexity index is 663. The van der Waals surface area contributed by atoms with Gasteiger partial charge in [0.2, 0.25) is 0 Å². The molecule has 0 radical (unpaired) electrons. The van der Waals surface area contributed by atoms with Crippen LogP contribution in [-0.2, 0) is 6.54 Å². The summed E-state index contributed by atoms with van der Waals surface area (Å²) < 4.78 is 7.43. The summed E-state index contributed by atoms with van der Waals surface area (Å²) in [5, 5.41) is 10.3. The lowest BCUT2D eigenvalue weighted by atomic mass is 10.2. The number of aryl methyl sites for hydroxylation is 2. The number of nitrogens with one attached hydrogen (secondary N) is 2. The maximum Gasteiger partial charge on any atom is 0.314 e. The van der Waals surface area contributed by atoms with Crippen LogP contribution in [0.3, 0.4) is 0 Å². The first kappa shape index (κ1) is 19.1. The summed E-state index contributed by atoms with van der Waals surface area (Å²) in [5.41, 5.74) is 2.16. The molecule has 2 rings (SSSR count). The third kappa shape index (κ3) is 5.63. The van der Waals surface area contributed by atoms with E-state index in [0.717, 1.165) is 23.7 Å². The van der Waals surface area contributed by atoms with E-state index in [1.54, 1.807) is 6.26 Å². The van der Waals surface area contributed by atoms with Crippen molar-refractivity contribution in [3.05, 3.63) is 41.6 Å². The predicted molar refractivity (Wildman–Crippen MR) is 97.4 cm³/mol. The van der Waals surface area contributed by atoms with Crippen LogP contribution >= 0.6 is 0 Å². The Hall–Kier alpha value is -2.28. The average Bonchev–Trinajstić information content (AvgIpc) is 3.15. The zero-order valence-electron chi connectivity index (χ0n) is 15.7. The number of amides is 2. The molecule has 0 saturated heterocycles. The summed E-state index contributed by atoms with van der Waals surface area (Å²) in [4.78, 5) is 14.1. The molecule has 0 aliphatic rings. The number of likely N-dealkylation sites (N-methyl/N-ethyl adjacent to an activating group) is 1. The SMILES string of the molecule is Cc1cc(C)n(CC(C)CNC(=O)NCC(c2ccco2)N(C)C)n1. The number of hydrogen-bond donors (Lipinski definition) is 2. The lowest BCUT2D eigenvalue weighted by molar-refractivity contribution is 0.223. The molecule has 7 heteroatoms. The Balaban J connectivity index is 1.75. The number of furan rings is 1. The van der Waals surface area contributed by atoms with Crippen molar-refractivity contribution in [1.82, 2.24) is 25.3 Å². The first-order chi connectivity index (χ1) is 11.9. The van der Waals surface area contributed by atoms with Crippen molar-refractivity contribution in [2.45, 2.75) is 33.4 Å². The van der Waals surface area contributed by atoms with Crippen LogP contribution in [0.2, 0.25) is 0 Å². The van der Waals surface area contributed by atoms with Gasteiger partial charge in [-0.1, -0.05) is 6.92 Å². The van der Waals surface area contributed by atoms with E-state index in [1.807, 2.05) is 49.7 Å². The quantitative estimate of drug-likeness (QED) is 0.768. The molecule has 138 valence electrons. The zero-order chi connectivity index (χ0) is 18.4. The molecule has 7 nitrogen and oxygen atoms in total. The van der Waals surface area contributed by atoms with E-state index in [2.05, 4.69) is 28.7 Å². The van der Waals surface area contributed by atoms with E-state index < -0.39 is 0 Å². The van der Waals surface area contributed by atoms with Gasteiger partial charge in [0.1, 0.15) is 5.76 Å². The molecule has 2 unspecified atom stereocenters. The van der Waals surface area contributed by atoms with E-state index in [1.165, 1.54) is 0 Å². The second kappa shape index (κ2) is 8.71. The van der Waals surface area contributed by atoms with Gasteiger partial charge in [0, 0.05) is 25.3 Å². The zero-order valence-corrected chi connectivity index (χ0v) is 15.7. The van der Waals surface area contributed by atoms with Crippen LogP contribution in [0.4, 0.5) is 4.79 Å². The van der Waals surface area contributed by atoms with E-state index in [9.17, 15) is 4.79 Å². The molecule has 25 heavy (non-hydrogen) atoms. The normalized spacial score (nSPS) is 13.7. The molecule has 0 aliphatic heterocycles. The summed E-state index contributed by atoms with van der Waals surface area (Å²) in [6, 6.07) is 5.67. The fourth-order valence-electron chi connectivity index (χ4n) is 2.76. The number of urea groups is 1. The maximum atomic E-state index is 12.1. The molecular formula is C18H29N5O2. The first-order valence-corrected chi connectivity index (χ1v) is 8.59. The second-order valence-electron chi connectivity index (χ2n) is 6.80. The maximum absolute atomic E-state index is 12.1. The third-order valence-electron chi connectivity index (χ3n) is 4.15. The summed E-state index contributed by atoms with van der Waals surface area (Å²) in [7, 11) is 3.92. The molecular weight excluding hydrogens is 318 g/mol. The summed E-state index contributed by atoms with van der Waals surface area (Å²) in [6.07, 6.45) is 1.65. The summed E-state index contributed by atoms with van der Waals surface area (Å²) >= 11 is 0. The van der Waals surface area contributed by atoms with Gasteiger partial charge in [-0.2, -0.15) is 5.10 Å². The highest BCUT2D eigenvalue weighted by atomic mass is 16.3. The largest absolute Gasteiger partial charge is 0.468 e. The molecule has 2 heterocycles. The first-order valence-electron chi connectivity index (χ1n) is 8.59. The standard InChI is InChI=1S/C18H29N5O2/c1-13(12-23-15(3)9-14(2)21-23)10-19-18(24)20-11-16(22(4)5)17-7-6-8-25-17/h6-9,13,16H,10-12H2,1-5H3,(H2,19,20,24). The van der Waals surface area contributed by atoms with E-state index in [-0.39, 0.29) is 12.1 Å². The minimum Gasteiger partial charge on any atom is -0.468 e. The average molecular weight is 347 g/mol. The van der Waals surface area contributed by atoms with E-state index in [4.69, 9.17) is 4.42 Å². The number of nitrogens with zero attached hydrogens (tertiary/aromatic N) is 3. The van der Waals surface area contributed by atoms with Gasteiger partial charge < -0.3 is 15.1 Å². The van der Waals surface area contributed by atoms with Crippen LogP contribution in [-0.4, -0.2) is 47.9 Å². The molecule has 0 bridgehead atoms. The highest BCUT2D eigenvalue weighted by Gasteiger charge is 2.18. The van der Waals surface area contributed by atoms with Crippen molar-refractivity contribution in [2.75, 3.05) is 27.2 Å². The van der Waals surface area contributed by atoms with Crippen LogP contribution in [0.15, 0.2) is 28.9 Å². The van der Waals surface area contributed by atoms with Crippen LogP contribution in [0.25, 0.3) is 0 Å². The van der Waals surface area contributed by atoms with Crippen molar-refractivity contribution in [3.63, 3.8) is 0 Å². The van der Waals surface area contributed by atoms with Crippen molar-refractivity contribution >= 4 is 6.03 Å². The Kier molecular flexibility index (Phi) is 6.64. The molecule has 2 atom stereocenters. The molecule has 0 spiro atoms. The molecule has 0 saturated carbocycles. The lowest BCUT2D eigenvalue weighted by Crippen LogP contribution is -2.42. The van der Waals surface area contributed by atoms with Crippen molar-refractivity contribution in [3.8, 4) is 0 Å². The summed E-state index contributed by atoms with van der Waals surface area (Å²) in [6.45, 7) is 7.99. The predicted octanol–water partition coefficient (Wildman–Crippen LogP) is 2.33. The monoisotopic (exact) mass is 347 g/mol. The van der Waals surface area contributed by atoms with Crippen LogP contribution in [0, 0.1) is 19.8 Å². The molecule has 0 aromatic carbocycles. The van der Waals surface area contributed by atoms with Gasteiger partial charge in [-0.25, -0.2) is 4.79 Å². The van der Waals surface area contributed by atoms with Crippen LogP contribution < -0.4 is 10.6 Å². The van der Waals surface area contributed by atoms with Crippen molar-refractivity contribution in [2.24, 2.45) is 5.92 Å². The minimum absolute atomic E-state index is 0.00729. The van der Waals surface area contributed by atoms with Gasteiger partial charge >= 0.3 is 6.03 Å². The fraction of sp³-hybridized carbons (Fsp3) is 0.556. The van der Waals surface area contributed by atoms with E-state index in [0.29, 0.717) is 19.0 Å². The molecule has 2 aromatic rings. The van der Waals surface area contributed by atoms with Gasteiger partial charge in [0.25, 0.3) is 0 Å². The third-order valence-corrected chi connectivity index (χ3v) is 4.15. The van der Waals surface area contributed by atoms with Gasteiger partial charge in [-0.05, 0) is 52.1 Å². The second-order valence-corrected chi connectivity index (χ2v) is 6.80. The Morgan fingerprint density at radius 1 is 1.32 bits per heavy atom. The highest BCUT2D eigenvalue weighted by Crippen LogP contribution is 2.17. The molecule has 2 amide bonds. The molecule has 2 aromatic heterocycles. The number of rotatable bonds is 8. The molecule has 0 fully saturated rings. The van der Waals surface area contributed by atoms with Crippen molar-refractivity contribution in [1.29, 1.82) is 0 Å². The number of carbonyl (C=O) groups excluding carboxylic acids is 1. The Morgan fingerprint density at radius 2 is 2.04 bits per heavy atom. The Morgan fingerprint density at radius 3 is 2.60 bits per heavy atom. The van der Waals surface area contributed by atoms with Gasteiger partial charge in [-0.3, -0.25) is 9.58 Å². The fourth-order valence-corrected chi connectivity index (χ4v) is 2.76. The van der Waals surface area contributed by atoms with Crippen LogP contribution in [0.5, 0.6) is 0 Å². The highest BCUT2D eigenvalue weighted by molar-refractivity contribution is 5.73. The molecule has 2 N–H and O–H groups in total. The minimum atomic E-state index is -0.168. The van der Waals surface area contributed by atoms with Crippen LogP contribution in [0.1, 0.15) is 30.1 Å². The number of aromatic nitrogens is 2. The smallest absolute Gasteiger partial charge is 0.314 e. The van der Waals surface area contributed by atoms with Gasteiger partial charge in [0.05, 0.1) is 18.0 Å². The van der Waals surface area contributed by atoms with E-state index >= 15 is 0 Å². The lowest BCUT2D eigenvalue weighted by Gasteiger charge is -2.23. The van der Waals surface area contributed by atoms with Crippen molar-refractivity contribution < 1.29 is 9.21 Å². The summed E-state index contributed by atoms with van der Waals surface area (Å²) in [5.74, 6) is 1.13. The number of carbonyl (C=O) groups is 1. The topological polar surface area (TPSA) is 75.3 Å². The van der Waals surface area contributed by atoms with Gasteiger partial charge in [0.15, 0.2) is 0 Å². The Labute approximate surface area is 149 Å². The number of hydrogen-bond acceptors (Lipinski definition) is 4. The van der Waals surface area contributed by atoms with Gasteiger partial charge in [-0.15, -0.1) is 0 Å².